The Hall–Kier alpha value is -2.43. The number of piperidine rings is 2. The van der Waals surface area contributed by atoms with E-state index < -0.39 is 0 Å². The predicted molar refractivity (Wildman–Crippen MR) is 102 cm³/mol. The van der Waals surface area contributed by atoms with Gasteiger partial charge in [-0.1, -0.05) is 30.3 Å². The third-order valence-electron chi connectivity index (χ3n) is 5.71. The van der Waals surface area contributed by atoms with Crippen molar-refractivity contribution in [2.24, 2.45) is 5.92 Å². The molecule has 2 aromatic rings. The zero-order chi connectivity index (χ0) is 17.9. The first kappa shape index (κ1) is 17.0. The van der Waals surface area contributed by atoms with Crippen LogP contribution in [-0.4, -0.2) is 46.5 Å². The lowest BCUT2D eigenvalue weighted by molar-refractivity contribution is -0.139. The fourth-order valence-corrected chi connectivity index (χ4v) is 4.36. The number of fused-ring (bicyclic) bond motifs is 1. The normalized spacial score (nSPS) is 23.0. The van der Waals surface area contributed by atoms with Crippen molar-refractivity contribution in [2.45, 2.75) is 38.6 Å². The molecule has 0 bridgehead atoms. The van der Waals surface area contributed by atoms with Gasteiger partial charge in [0, 0.05) is 38.3 Å². The van der Waals surface area contributed by atoms with Crippen molar-refractivity contribution in [1.29, 1.82) is 0 Å². The Morgan fingerprint density at radius 1 is 1.15 bits per heavy atom. The van der Waals surface area contributed by atoms with Gasteiger partial charge in [-0.15, -0.1) is 0 Å². The summed E-state index contributed by atoms with van der Waals surface area (Å²) < 4.78 is 0. The molecule has 3 heterocycles. The second kappa shape index (κ2) is 7.44. The molecular weight excluding hydrogens is 324 g/mol. The number of carbonyl (C=O) groups is 1. The molecule has 5 nitrogen and oxygen atoms in total. The highest BCUT2D eigenvalue weighted by atomic mass is 16.2. The van der Waals surface area contributed by atoms with E-state index >= 15 is 0 Å². The molecule has 2 fully saturated rings. The summed E-state index contributed by atoms with van der Waals surface area (Å²) in [6.45, 7) is 4.69. The molecule has 2 aliphatic rings. The van der Waals surface area contributed by atoms with Crippen molar-refractivity contribution in [3.63, 3.8) is 0 Å². The molecule has 1 aromatic heterocycles. The minimum Gasteiger partial charge on any atom is -0.356 e. The Kier molecular flexibility index (Phi) is 4.87. The van der Waals surface area contributed by atoms with Crippen LogP contribution in [0.1, 0.15) is 30.7 Å². The Balaban J connectivity index is 1.43. The molecule has 0 aliphatic carbocycles. The maximum atomic E-state index is 12.6. The van der Waals surface area contributed by atoms with Gasteiger partial charge in [-0.2, -0.15) is 0 Å². The number of nitrogens with zero attached hydrogens (tertiary/aromatic N) is 4. The number of hydrogen-bond acceptors (Lipinski definition) is 4. The molecule has 136 valence electrons. The largest absolute Gasteiger partial charge is 0.356 e. The van der Waals surface area contributed by atoms with Crippen molar-refractivity contribution in [2.75, 3.05) is 24.5 Å². The van der Waals surface area contributed by atoms with Crippen LogP contribution in [0.2, 0.25) is 0 Å². The molecule has 4 rings (SSSR count). The SMILES string of the molecule is Cc1nccc(N2CC[C@@H]3[C@@H](CCC(=O)N3CCc3ccccc3)C2)n1. The summed E-state index contributed by atoms with van der Waals surface area (Å²) in [4.78, 5) is 25.9. The van der Waals surface area contributed by atoms with Crippen molar-refractivity contribution in [1.82, 2.24) is 14.9 Å². The lowest BCUT2D eigenvalue weighted by atomic mass is 9.83. The van der Waals surface area contributed by atoms with E-state index in [0.29, 0.717) is 24.3 Å². The van der Waals surface area contributed by atoms with Gasteiger partial charge in [-0.05, 0) is 43.7 Å². The number of hydrogen-bond donors (Lipinski definition) is 0. The monoisotopic (exact) mass is 350 g/mol. The Bertz CT molecular complexity index is 764. The van der Waals surface area contributed by atoms with Gasteiger partial charge in [0.2, 0.25) is 5.91 Å². The minimum atomic E-state index is 0.327. The van der Waals surface area contributed by atoms with Gasteiger partial charge in [0.25, 0.3) is 0 Å². The molecule has 2 aliphatic heterocycles. The van der Waals surface area contributed by atoms with Crippen LogP contribution in [0.4, 0.5) is 5.82 Å². The first-order chi connectivity index (χ1) is 12.7. The number of benzene rings is 1. The minimum absolute atomic E-state index is 0.327. The third-order valence-corrected chi connectivity index (χ3v) is 5.71. The van der Waals surface area contributed by atoms with Crippen molar-refractivity contribution < 1.29 is 4.79 Å². The van der Waals surface area contributed by atoms with Crippen LogP contribution in [0.5, 0.6) is 0 Å². The molecule has 0 unspecified atom stereocenters. The van der Waals surface area contributed by atoms with Crippen LogP contribution < -0.4 is 4.90 Å². The Morgan fingerprint density at radius 2 is 2.00 bits per heavy atom. The van der Waals surface area contributed by atoms with E-state index in [9.17, 15) is 4.79 Å². The molecule has 2 saturated heterocycles. The van der Waals surface area contributed by atoms with Crippen molar-refractivity contribution in [3.05, 3.63) is 54.0 Å². The van der Waals surface area contributed by atoms with Crippen LogP contribution >= 0.6 is 0 Å². The number of likely N-dealkylation sites (tertiary alicyclic amines) is 1. The van der Waals surface area contributed by atoms with Gasteiger partial charge < -0.3 is 9.80 Å². The van der Waals surface area contributed by atoms with E-state index in [1.165, 1.54) is 5.56 Å². The highest BCUT2D eigenvalue weighted by molar-refractivity contribution is 5.77. The Labute approximate surface area is 155 Å². The van der Waals surface area contributed by atoms with Gasteiger partial charge in [0.05, 0.1) is 0 Å². The lowest BCUT2D eigenvalue weighted by Crippen LogP contribution is -2.56. The van der Waals surface area contributed by atoms with Gasteiger partial charge in [0.15, 0.2) is 0 Å². The van der Waals surface area contributed by atoms with Gasteiger partial charge in [-0.3, -0.25) is 4.79 Å². The Morgan fingerprint density at radius 3 is 2.81 bits per heavy atom. The molecule has 0 N–H and O–H groups in total. The molecule has 1 amide bonds. The summed E-state index contributed by atoms with van der Waals surface area (Å²) in [7, 11) is 0. The average molecular weight is 350 g/mol. The van der Waals surface area contributed by atoms with Crippen LogP contribution in [0.15, 0.2) is 42.6 Å². The zero-order valence-corrected chi connectivity index (χ0v) is 15.3. The number of rotatable bonds is 4. The quantitative estimate of drug-likeness (QED) is 0.851. The number of carbonyl (C=O) groups excluding carboxylic acids is 1. The van der Waals surface area contributed by atoms with Gasteiger partial charge >= 0.3 is 0 Å². The van der Waals surface area contributed by atoms with Crippen LogP contribution in [0, 0.1) is 12.8 Å². The van der Waals surface area contributed by atoms with E-state index in [2.05, 4.69) is 44.0 Å². The summed E-state index contributed by atoms with van der Waals surface area (Å²) in [6, 6.07) is 12.8. The van der Waals surface area contributed by atoms with E-state index in [-0.39, 0.29) is 0 Å². The number of aromatic nitrogens is 2. The molecule has 0 spiro atoms. The number of aryl methyl sites for hydroxylation is 1. The number of amides is 1. The maximum absolute atomic E-state index is 12.6. The fourth-order valence-electron chi connectivity index (χ4n) is 4.36. The summed E-state index contributed by atoms with van der Waals surface area (Å²) >= 11 is 0. The first-order valence-corrected chi connectivity index (χ1v) is 9.59. The van der Waals surface area contributed by atoms with E-state index in [0.717, 1.165) is 50.5 Å². The van der Waals surface area contributed by atoms with Crippen LogP contribution in [0.3, 0.4) is 0 Å². The second-order valence-corrected chi connectivity index (χ2v) is 7.39. The van der Waals surface area contributed by atoms with Crippen molar-refractivity contribution in [3.8, 4) is 0 Å². The van der Waals surface area contributed by atoms with E-state index in [4.69, 9.17) is 0 Å². The molecule has 2 atom stereocenters. The standard InChI is InChI=1S/C21H26N4O/c1-16-22-12-9-20(23-16)24-13-11-19-18(15-24)7-8-21(26)25(19)14-10-17-5-3-2-4-6-17/h2-6,9,12,18-19H,7-8,10-11,13-15H2,1H3/t18-,19+/m0/s1. The number of anilines is 1. The zero-order valence-electron chi connectivity index (χ0n) is 15.3. The molecule has 1 aromatic carbocycles. The molecule has 0 radical (unpaired) electrons. The lowest BCUT2D eigenvalue weighted by Gasteiger charge is -2.47. The fraction of sp³-hybridized carbons (Fsp3) is 0.476. The topological polar surface area (TPSA) is 49.3 Å². The van der Waals surface area contributed by atoms with Crippen molar-refractivity contribution >= 4 is 11.7 Å². The third kappa shape index (κ3) is 3.57. The van der Waals surface area contributed by atoms with Gasteiger partial charge in [-0.25, -0.2) is 9.97 Å². The maximum Gasteiger partial charge on any atom is 0.222 e. The van der Waals surface area contributed by atoms with Crippen LogP contribution in [0.25, 0.3) is 0 Å². The second-order valence-electron chi connectivity index (χ2n) is 7.39. The average Bonchev–Trinajstić information content (AvgIpc) is 2.68. The summed E-state index contributed by atoms with van der Waals surface area (Å²) in [5.74, 6) is 2.69. The highest BCUT2D eigenvalue weighted by Gasteiger charge is 2.39. The van der Waals surface area contributed by atoms with Crippen LogP contribution in [-0.2, 0) is 11.2 Å². The molecule has 26 heavy (non-hydrogen) atoms. The predicted octanol–water partition coefficient (Wildman–Crippen LogP) is 2.85. The molecule has 5 heteroatoms. The smallest absolute Gasteiger partial charge is 0.222 e. The van der Waals surface area contributed by atoms with E-state index in [1.54, 1.807) is 0 Å². The summed E-state index contributed by atoms with van der Waals surface area (Å²) in [6.07, 6.45) is 5.46. The first-order valence-electron chi connectivity index (χ1n) is 9.59. The highest BCUT2D eigenvalue weighted by Crippen LogP contribution is 2.32. The summed E-state index contributed by atoms with van der Waals surface area (Å²) in [5, 5.41) is 0. The van der Waals surface area contributed by atoms with E-state index in [1.807, 2.05) is 25.3 Å². The molecular formula is C21H26N4O. The van der Waals surface area contributed by atoms with Gasteiger partial charge in [0.1, 0.15) is 11.6 Å². The molecule has 0 saturated carbocycles. The summed E-state index contributed by atoms with van der Waals surface area (Å²) in [5.41, 5.74) is 1.30.